The van der Waals surface area contributed by atoms with Crippen LogP contribution in [-0.2, 0) is 9.59 Å². The zero-order chi connectivity index (χ0) is 15.1. The molecule has 4 nitrogen and oxygen atoms in total. The van der Waals surface area contributed by atoms with Crippen molar-refractivity contribution in [1.82, 2.24) is 10.6 Å². The Morgan fingerprint density at radius 2 is 1.47 bits per heavy atom. The van der Waals surface area contributed by atoms with E-state index in [1.54, 1.807) is 0 Å². The van der Waals surface area contributed by atoms with Gasteiger partial charge in [0.15, 0.2) is 0 Å². The Labute approximate surface area is 118 Å². The number of rotatable bonds is 8. The molecule has 0 radical (unpaired) electrons. The largest absolute Gasteiger partial charge is 0.356 e. The lowest BCUT2D eigenvalue weighted by atomic mass is 10.1. The molecule has 0 bridgehead atoms. The van der Waals surface area contributed by atoms with Gasteiger partial charge in [0.25, 0.3) is 0 Å². The summed E-state index contributed by atoms with van der Waals surface area (Å²) in [5.41, 5.74) is 0. The second-order valence-corrected chi connectivity index (χ2v) is 4.73. The van der Waals surface area contributed by atoms with Gasteiger partial charge in [-0.25, -0.2) is 0 Å². The van der Waals surface area contributed by atoms with Crippen LogP contribution in [0.3, 0.4) is 0 Å². The molecule has 0 aliphatic heterocycles. The molecule has 0 saturated heterocycles. The van der Waals surface area contributed by atoms with Crippen LogP contribution < -0.4 is 10.6 Å². The highest BCUT2D eigenvalue weighted by molar-refractivity contribution is 5.75. The van der Waals surface area contributed by atoms with Crippen LogP contribution in [0.5, 0.6) is 0 Å². The van der Waals surface area contributed by atoms with E-state index in [-0.39, 0.29) is 17.9 Å². The van der Waals surface area contributed by atoms with Gasteiger partial charge in [0, 0.05) is 25.4 Å². The van der Waals surface area contributed by atoms with Crippen molar-refractivity contribution < 1.29 is 9.59 Å². The monoisotopic (exact) mass is 272 g/mol. The van der Waals surface area contributed by atoms with Gasteiger partial charge in [0.2, 0.25) is 11.8 Å². The molecular weight excluding hydrogens is 240 g/mol. The van der Waals surface area contributed by atoms with Crippen LogP contribution in [0.15, 0.2) is 0 Å². The van der Waals surface area contributed by atoms with Crippen molar-refractivity contribution in [3.05, 3.63) is 0 Å². The standard InChI is InChI=1S/C12H24N2O2.C3H8/c1-4-11(15)13-9-7-6-8-10(3)14-12(16)5-2;1-3-2/h10H,4-9H2,1-3H3,(H,13,15)(H,14,16);3H2,1-2H3. The molecule has 114 valence electrons. The summed E-state index contributed by atoms with van der Waals surface area (Å²) in [5, 5.41) is 5.75. The first-order valence-electron chi connectivity index (χ1n) is 7.57. The summed E-state index contributed by atoms with van der Waals surface area (Å²) in [5.74, 6) is 0.208. The maximum atomic E-state index is 11.1. The summed E-state index contributed by atoms with van der Waals surface area (Å²) in [7, 11) is 0. The van der Waals surface area contributed by atoms with Gasteiger partial charge in [0.05, 0.1) is 0 Å². The summed E-state index contributed by atoms with van der Waals surface area (Å²) in [4.78, 5) is 22.0. The van der Waals surface area contributed by atoms with Gasteiger partial charge in [0.1, 0.15) is 0 Å². The average Bonchev–Trinajstić information content (AvgIpc) is 2.38. The Bertz CT molecular complexity index is 230. The zero-order valence-corrected chi connectivity index (χ0v) is 13.3. The van der Waals surface area contributed by atoms with Crippen LogP contribution in [0.1, 0.15) is 73.1 Å². The van der Waals surface area contributed by atoms with Gasteiger partial charge in [-0.1, -0.05) is 34.1 Å². The molecule has 1 unspecified atom stereocenters. The number of amides is 2. The van der Waals surface area contributed by atoms with Crippen LogP contribution in [0.25, 0.3) is 0 Å². The maximum absolute atomic E-state index is 11.1. The highest BCUT2D eigenvalue weighted by Crippen LogP contribution is 2.00. The Morgan fingerprint density at radius 3 is 1.95 bits per heavy atom. The van der Waals surface area contributed by atoms with Crippen LogP contribution in [0.4, 0.5) is 0 Å². The SMILES string of the molecule is CCC.CCC(=O)NCCCCC(C)NC(=O)CC. The Hall–Kier alpha value is -1.06. The van der Waals surface area contributed by atoms with E-state index in [2.05, 4.69) is 24.5 Å². The topological polar surface area (TPSA) is 58.2 Å². The summed E-state index contributed by atoms with van der Waals surface area (Å²) in [6.45, 7) is 10.7. The highest BCUT2D eigenvalue weighted by Gasteiger charge is 2.04. The molecule has 0 aromatic rings. The first-order valence-corrected chi connectivity index (χ1v) is 7.57. The van der Waals surface area contributed by atoms with E-state index in [9.17, 15) is 9.59 Å². The van der Waals surface area contributed by atoms with Gasteiger partial charge in [-0.15, -0.1) is 0 Å². The summed E-state index contributed by atoms with van der Waals surface area (Å²) < 4.78 is 0. The number of unbranched alkanes of at least 4 members (excludes halogenated alkanes) is 1. The molecule has 0 aromatic heterocycles. The molecule has 0 saturated carbocycles. The van der Waals surface area contributed by atoms with Gasteiger partial charge in [-0.3, -0.25) is 9.59 Å². The molecule has 2 N–H and O–H groups in total. The predicted octanol–water partition coefficient (Wildman–Crippen LogP) is 3.01. The Morgan fingerprint density at radius 1 is 0.947 bits per heavy atom. The minimum atomic E-state index is 0.104. The molecule has 0 spiro atoms. The van der Waals surface area contributed by atoms with E-state index in [1.165, 1.54) is 6.42 Å². The minimum Gasteiger partial charge on any atom is -0.356 e. The fourth-order valence-corrected chi connectivity index (χ4v) is 1.38. The molecule has 0 rings (SSSR count). The highest BCUT2D eigenvalue weighted by atomic mass is 16.2. The minimum absolute atomic E-state index is 0.104. The normalized spacial score (nSPS) is 11.0. The number of hydrogen-bond donors (Lipinski definition) is 2. The molecule has 4 heteroatoms. The number of hydrogen-bond acceptors (Lipinski definition) is 2. The van der Waals surface area contributed by atoms with Gasteiger partial charge in [-0.05, 0) is 26.2 Å². The second kappa shape index (κ2) is 15.0. The maximum Gasteiger partial charge on any atom is 0.219 e. The second-order valence-electron chi connectivity index (χ2n) is 4.73. The third-order valence-corrected chi connectivity index (χ3v) is 2.44. The van der Waals surface area contributed by atoms with Crippen LogP contribution >= 0.6 is 0 Å². The molecule has 0 aromatic carbocycles. The number of carbonyl (C=O) groups excluding carboxylic acids is 2. The van der Waals surface area contributed by atoms with E-state index < -0.39 is 0 Å². The average molecular weight is 272 g/mol. The lowest BCUT2D eigenvalue weighted by molar-refractivity contribution is -0.121. The lowest BCUT2D eigenvalue weighted by Gasteiger charge is -2.12. The van der Waals surface area contributed by atoms with Gasteiger partial charge >= 0.3 is 0 Å². The Kier molecular flexibility index (Phi) is 16.0. The molecule has 1 atom stereocenters. The van der Waals surface area contributed by atoms with Crippen molar-refractivity contribution in [3.8, 4) is 0 Å². The molecule has 0 heterocycles. The van der Waals surface area contributed by atoms with Crippen molar-refractivity contribution in [2.24, 2.45) is 0 Å². The van der Waals surface area contributed by atoms with Crippen LogP contribution in [-0.4, -0.2) is 24.4 Å². The van der Waals surface area contributed by atoms with E-state index >= 15 is 0 Å². The molecular formula is C15H32N2O2. The summed E-state index contributed by atoms with van der Waals surface area (Å²) in [6.07, 6.45) is 5.29. The molecule has 0 fully saturated rings. The summed E-state index contributed by atoms with van der Waals surface area (Å²) >= 11 is 0. The van der Waals surface area contributed by atoms with Crippen LogP contribution in [0, 0.1) is 0 Å². The number of carbonyl (C=O) groups is 2. The summed E-state index contributed by atoms with van der Waals surface area (Å²) in [6, 6.07) is 0.231. The van der Waals surface area contributed by atoms with E-state index in [4.69, 9.17) is 0 Å². The van der Waals surface area contributed by atoms with E-state index in [0.717, 1.165) is 25.8 Å². The molecule has 2 amide bonds. The van der Waals surface area contributed by atoms with Crippen molar-refractivity contribution in [1.29, 1.82) is 0 Å². The molecule has 0 aliphatic rings. The number of nitrogens with one attached hydrogen (secondary N) is 2. The predicted molar refractivity (Wildman–Crippen MR) is 81.0 cm³/mol. The quantitative estimate of drug-likeness (QED) is 0.667. The molecule has 19 heavy (non-hydrogen) atoms. The fourth-order valence-electron chi connectivity index (χ4n) is 1.38. The first kappa shape index (κ1) is 20.3. The van der Waals surface area contributed by atoms with Crippen molar-refractivity contribution in [2.75, 3.05) is 6.54 Å². The van der Waals surface area contributed by atoms with Crippen molar-refractivity contribution in [3.63, 3.8) is 0 Å². The lowest BCUT2D eigenvalue weighted by Crippen LogP contribution is -2.32. The fraction of sp³-hybridized carbons (Fsp3) is 0.867. The third kappa shape index (κ3) is 16.9. The van der Waals surface area contributed by atoms with Gasteiger partial charge in [-0.2, -0.15) is 0 Å². The molecule has 0 aliphatic carbocycles. The van der Waals surface area contributed by atoms with Crippen LogP contribution in [0.2, 0.25) is 0 Å². The third-order valence-electron chi connectivity index (χ3n) is 2.44. The zero-order valence-electron chi connectivity index (χ0n) is 13.3. The van der Waals surface area contributed by atoms with E-state index in [1.807, 2.05) is 20.8 Å². The van der Waals surface area contributed by atoms with Crippen molar-refractivity contribution in [2.45, 2.75) is 79.2 Å². The van der Waals surface area contributed by atoms with Gasteiger partial charge < -0.3 is 10.6 Å². The van der Waals surface area contributed by atoms with Crippen molar-refractivity contribution >= 4 is 11.8 Å². The van der Waals surface area contributed by atoms with E-state index in [0.29, 0.717) is 12.8 Å². The first-order chi connectivity index (χ1) is 9.01. The Balaban J connectivity index is 0. The smallest absolute Gasteiger partial charge is 0.219 e.